The van der Waals surface area contributed by atoms with Gasteiger partial charge in [0.2, 0.25) is 0 Å². The van der Waals surface area contributed by atoms with E-state index < -0.39 is 30.0 Å². The minimum absolute atomic E-state index is 0.0333. The minimum atomic E-state index is -1.12. The molecule has 0 unspecified atom stereocenters. The SMILES string of the molecule is C#Cc1c(F)ccc2cc(N)cc(-c3ncc4c(N5CCOC[C@H]6[C@H](F)[C@H]65)nc(OC[C@@]5(CI)CCCN5C[C@H]5C[C@H]5F)nc4c3F)c12. The Kier molecular flexibility index (Phi) is 8.03. The summed E-state index contributed by atoms with van der Waals surface area (Å²) in [7, 11) is 0. The number of fused-ring (bicyclic) bond motifs is 3. The van der Waals surface area contributed by atoms with Crippen LogP contribution in [-0.4, -0.2) is 87.7 Å². The first kappa shape index (κ1) is 31.8. The van der Waals surface area contributed by atoms with Gasteiger partial charge in [-0.1, -0.05) is 34.6 Å². The summed E-state index contributed by atoms with van der Waals surface area (Å²) in [5, 5.41) is 1.10. The number of halogens is 5. The van der Waals surface area contributed by atoms with Crippen molar-refractivity contribution in [2.75, 3.05) is 54.5 Å². The molecule has 2 N–H and O–H groups in total. The van der Waals surface area contributed by atoms with Crippen LogP contribution in [0.5, 0.6) is 6.01 Å². The summed E-state index contributed by atoms with van der Waals surface area (Å²) in [6.45, 7) is 2.68. The number of alkyl halides is 3. The molecule has 48 heavy (non-hydrogen) atoms. The standard InChI is InChI=1S/C35H33F4IN6O2/c1-2-21-25(36)5-4-18-10-20(41)12-22(27(18)21)30-29(39)31-23(13-42-30)33(46-8-9-47-15-24-28(38)32(24)46)44-34(43-31)48-17-35(16-40)6-3-7-45(35)14-19-11-26(19)37/h1,4-5,10,12-13,19,24,26,28,32H,3,6-9,11,14-17,41H2/t19-,24+,26-,28+,32+,35+/m1/s1. The van der Waals surface area contributed by atoms with Crippen molar-refractivity contribution in [2.45, 2.75) is 43.2 Å². The highest BCUT2D eigenvalue weighted by Gasteiger charge is 2.56. The second-order valence-electron chi connectivity index (χ2n) is 13.3. The zero-order valence-corrected chi connectivity index (χ0v) is 28.1. The second kappa shape index (κ2) is 12.1. The van der Waals surface area contributed by atoms with Crippen molar-refractivity contribution >= 4 is 55.8 Å². The van der Waals surface area contributed by atoms with Crippen molar-refractivity contribution in [1.82, 2.24) is 19.9 Å². The number of nitrogens with zero attached hydrogens (tertiary/aromatic N) is 5. The van der Waals surface area contributed by atoms with Gasteiger partial charge in [-0.25, -0.2) is 17.6 Å². The maximum Gasteiger partial charge on any atom is 0.319 e. The molecule has 4 fully saturated rings. The molecule has 4 heterocycles. The van der Waals surface area contributed by atoms with Gasteiger partial charge in [0.15, 0.2) is 5.82 Å². The van der Waals surface area contributed by atoms with E-state index in [-0.39, 0.29) is 64.3 Å². The molecule has 2 aromatic heterocycles. The molecule has 2 aliphatic carbocycles. The number of nitrogen functional groups attached to an aromatic ring is 1. The van der Waals surface area contributed by atoms with Gasteiger partial charge < -0.3 is 20.1 Å². The molecular formula is C35H33F4IN6O2. The molecule has 0 bridgehead atoms. The molecule has 13 heteroatoms. The van der Waals surface area contributed by atoms with Gasteiger partial charge in [-0.15, -0.1) is 6.42 Å². The van der Waals surface area contributed by atoms with E-state index in [1.165, 1.54) is 24.4 Å². The van der Waals surface area contributed by atoms with Gasteiger partial charge in [0.25, 0.3) is 0 Å². The van der Waals surface area contributed by atoms with Crippen molar-refractivity contribution in [3.05, 3.63) is 47.7 Å². The Morgan fingerprint density at radius 1 is 1.19 bits per heavy atom. The monoisotopic (exact) mass is 772 g/mol. The molecule has 4 aromatic rings. The van der Waals surface area contributed by atoms with Gasteiger partial charge in [-0.3, -0.25) is 9.88 Å². The first-order valence-corrected chi connectivity index (χ1v) is 17.7. The number of benzene rings is 2. The molecule has 2 aliphatic heterocycles. The van der Waals surface area contributed by atoms with Crippen molar-refractivity contribution in [3.63, 3.8) is 0 Å². The van der Waals surface area contributed by atoms with Crippen LogP contribution in [0.3, 0.4) is 0 Å². The van der Waals surface area contributed by atoms with E-state index in [0.717, 1.165) is 23.8 Å². The third kappa shape index (κ3) is 5.31. The zero-order valence-electron chi connectivity index (χ0n) is 25.9. The summed E-state index contributed by atoms with van der Waals surface area (Å²) in [5.74, 6) is 0.959. The lowest BCUT2D eigenvalue weighted by Crippen LogP contribution is -2.51. The maximum absolute atomic E-state index is 16.9. The minimum Gasteiger partial charge on any atom is -0.461 e. The van der Waals surface area contributed by atoms with Gasteiger partial charge in [-0.2, -0.15) is 9.97 Å². The average Bonchev–Trinajstić information content (AvgIpc) is 3.93. The van der Waals surface area contributed by atoms with Gasteiger partial charge in [0.05, 0.1) is 35.7 Å². The number of pyridine rings is 1. The van der Waals surface area contributed by atoms with Crippen LogP contribution in [0.1, 0.15) is 24.8 Å². The Labute approximate surface area is 288 Å². The fourth-order valence-corrected chi connectivity index (χ4v) is 8.57. The lowest BCUT2D eigenvalue weighted by atomic mass is 9.95. The van der Waals surface area contributed by atoms with E-state index in [0.29, 0.717) is 48.4 Å². The topological polar surface area (TPSA) is 89.6 Å². The number of rotatable bonds is 8. The van der Waals surface area contributed by atoms with Crippen LogP contribution in [-0.2, 0) is 4.74 Å². The van der Waals surface area contributed by atoms with E-state index in [1.807, 2.05) is 0 Å². The summed E-state index contributed by atoms with van der Waals surface area (Å²) in [5.41, 5.74) is 6.13. The van der Waals surface area contributed by atoms with E-state index in [4.69, 9.17) is 26.6 Å². The quantitative estimate of drug-likeness (QED) is 0.0784. The van der Waals surface area contributed by atoms with E-state index in [2.05, 4.69) is 43.4 Å². The Hall–Kier alpha value is -3.48. The fourth-order valence-electron chi connectivity index (χ4n) is 7.49. The van der Waals surface area contributed by atoms with Crippen molar-refractivity contribution < 1.29 is 27.0 Å². The molecule has 2 aromatic carbocycles. The molecule has 8 rings (SSSR count). The molecule has 0 amide bonds. The highest BCUT2D eigenvalue weighted by atomic mass is 127. The number of ether oxygens (including phenoxy) is 2. The molecule has 6 atom stereocenters. The summed E-state index contributed by atoms with van der Waals surface area (Å²) in [4.78, 5) is 17.9. The molecule has 2 saturated carbocycles. The highest BCUT2D eigenvalue weighted by Crippen LogP contribution is 2.46. The van der Waals surface area contributed by atoms with E-state index in [9.17, 15) is 8.78 Å². The summed E-state index contributed by atoms with van der Waals surface area (Å²) in [6, 6.07) is 5.37. The summed E-state index contributed by atoms with van der Waals surface area (Å²) in [6.07, 6.45) is 7.66. The van der Waals surface area contributed by atoms with Crippen molar-refractivity contribution in [3.8, 4) is 29.6 Å². The number of aromatic nitrogens is 3. The van der Waals surface area contributed by atoms with Crippen LogP contribution in [0, 0.1) is 35.8 Å². The molecule has 8 nitrogen and oxygen atoms in total. The summed E-state index contributed by atoms with van der Waals surface area (Å²) >= 11 is 2.34. The van der Waals surface area contributed by atoms with Crippen LogP contribution in [0.25, 0.3) is 32.9 Å². The fraction of sp³-hybridized carbons (Fsp3) is 0.457. The van der Waals surface area contributed by atoms with Gasteiger partial charge in [0, 0.05) is 52.2 Å². The number of hydrogen-bond donors (Lipinski definition) is 1. The predicted molar refractivity (Wildman–Crippen MR) is 184 cm³/mol. The number of hydrogen-bond acceptors (Lipinski definition) is 8. The normalized spacial score (nSPS) is 28.3. The number of nitrogens with two attached hydrogens (primary N) is 1. The first-order valence-electron chi connectivity index (χ1n) is 16.1. The van der Waals surface area contributed by atoms with E-state index >= 15 is 8.78 Å². The number of likely N-dealkylation sites (tertiary alicyclic amines) is 1. The Morgan fingerprint density at radius 3 is 2.79 bits per heavy atom. The second-order valence-corrected chi connectivity index (χ2v) is 14.1. The van der Waals surface area contributed by atoms with Crippen LogP contribution >= 0.6 is 22.6 Å². The summed E-state index contributed by atoms with van der Waals surface area (Å²) < 4.78 is 73.4. The Bertz CT molecular complexity index is 1980. The van der Waals surface area contributed by atoms with Crippen LogP contribution in [0.2, 0.25) is 0 Å². The van der Waals surface area contributed by atoms with Gasteiger partial charge in [-0.05, 0) is 49.4 Å². The lowest BCUT2D eigenvalue weighted by molar-refractivity contribution is 0.0863. The van der Waals surface area contributed by atoms with Crippen molar-refractivity contribution in [2.24, 2.45) is 11.8 Å². The molecule has 0 spiro atoms. The molecule has 2 saturated heterocycles. The Balaban J connectivity index is 1.25. The zero-order chi connectivity index (χ0) is 33.3. The van der Waals surface area contributed by atoms with Crippen LogP contribution < -0.4 is 15.4 Å². The molecular weight excluding hydrogens is 739 g/mol. The smallest absolute Gasteiger partial charge is 0.319 e. The van der Waals surface area contributed by atoms with Crippen LogP contribution in [0.4, 0.5) is 29.1 Å². The number of anilines is 2. The molecule has 0 radical (unpaired) electrons. The first-order chi connectivity index (χ1) is 23.2. The predicted octanol–water partition coefficient (Wildman–Crippen LogP) is 5.87. The maximum atomic E-state index is 16.9. The molecule has 4 aliphatic rings. The largest absolute Gasteiger partial charge is 0.461 e. The third-order valence-electron chi connectivity index (χ3n) is 10.3. The molecule has 250 valence electrons. The van der Waals surface area contributed by atoms with E-state index in [1.54, 1.807) is 11.0 Å². The van der Waals surface area contributed by atoms with Crippen molar-refractivity contribution in [1.29, 1.82) is 0 Å². The van der Waals surface area contributed by atoms with Gasteiger partial charge in [0.1, 0.15) is 41.8 Å². The van der Waals surface area contributed by atoms with Crippen LogP contribution in [0.15, 0.2) is 30.5 Å². The lowest BCUT2D eigenvalue weighted by Gasteiger charge is -2.37. The number of terminal acetylenes is 1. The third-order valence-corrected chi connectivity index (χ3v) is 11.8. The Morgan fingerprint density at radius 2 is 2.02 bits per heavy atom. The van der Waals surface area contributed by atoms with Gasteiger partial charge >= 0.3 is 6.01 Å². The average molecular weight is 773 g/mol. The highest BCUT2D eigenvalue weighted by molar-refractivity contribution is 14.1.